The number of hydrogen-bond donors (Lipinski definition) is 2. The number of hydrogen-bond acceptors (Lipinski definition) is 2. The van der Waals surface area contributed by atoms with Crippen molar-refractivity contribution in [3.63, 3.8) is 0 Å². The summed E-state index contributed by atoms with van der Waals surface area (Å²) in [6.07, 6.45) is 0.487. The van der Waals surface area contributed by atoms with Gasteiger partial charge in [0.25, 0.3) is 0 Å². The molecule has 3 nitrogen and oxygen atoms in total. The highest BCUT2D eigenvalue weighted by atomic mass is 16.4. The van der Waals surface area contributed by atoms with Gasteiger partial charge in [-0.25, -0.2) is 0 Å². The molecule has 110 valence electrons. The number of aliphatic carboxylic acids is 1. The van der Waals surface area contributed by atoms with Crippen LogP contribution >= 0.6 is 0 Å². The Morgan fingerprint density at radius 3 is 2.48 bits per heavy atom. The van der Waals surface area contributed by atoms with Gasteiger partial charge in [-0.1, -0.05) is 54.1 Å². The van der Waals surface area contributed by atoms with Crippen LogP contribution in [-0.4, -0.2) is 17.1 Å². The van der Waals surface area contributed by atoms with Gasteiger partial charge in [0.1, 0.15) is 6.04 Å². The lowest BCUT2D eigenvalue weighted by Crippen LogP contribution is -2.38. The fourth-order valence-corrected chi connectivity index (χ4v) is 2.37. The van der Waals surface area contributed by atoms with Gasteiger partial charge >= 0.3 is 5.97 Å². The number of carbonyl (C=O) groups is 1. The molecule has 0 saturated heterocycles. The first kappa shape index (κ1) is 15.3. The fourth-order valence-electron chi connectivity index (χ4n) is 2.37. The molecule has 2 N–H and O–H groups in total. The zero-order valence-electron chi connectivity index (χ0n) is 12.5. The van der Waals surface area contributed by atoms with Gasteiger partial charge in [0.05, 0.1) is 0 Å². The van der Waals surface area contributed by atoms with Crippen molar-refractivity contribution in [3.8, 4) is 0 Å². The van der Waals surface area contributed by atoms with Crippen molar-refractivity contribution in [1.82, 2.24) is 5.32 Å². The van der Waals surface area contributed by atoms with E-state index in [4.69, 9.17) is 0 Å². The Kier molecular flexibility index (Phi) is 5.12. The lowest BCUT2D eigenvalue weighted by atomic mass is 10.0. The monoisotopic (exact) mass is 283 g/mol. The summed E-state index contributed by atoms with van der Waals surface area (Å²) in [6, 6.07) is 15.3. The number of carboxylic acid groups (broad SMARTS) is 1. The average molecular weight is 283 g/mol. The van der Waals surface area contributed by atoms with E-state index in [0.29, 0.717) is 13.0 Å². The second-order valence-electron chi connectivity index (χ2n) is 5.39. The first-order chi connectivity index (χ1) is 10.1. The Hall–Kier alpha value is -2.13. The van der Waals surface area contributed by atoms with E-state index < -0.39 is 12.0 Å². The Labute approximate surface area is 125 Å². The zero-order valence-corrected chi connectivity index (χ0v) is 12.5. The largest absolute Gasteiger partial charge is 0.480 e. The first-order valence-corrected chi connectivity index (χ1v) is 7.12. The van der Waals surface area contributed by atoms with Crippen molar-refractivity contribution in [2.45, 2.75) is 32.9 Å². The minimum atomic E-state index is -0.816. The number of nitrogens with one attached hydrogen (secondary N) is 1. The third-order valence-electron chi connectivity index (χ3n) is 3.62. The summed E-state index contributed by atoms with van der Waals surface area (Å²) >= 11 is 0. The molecule has 0 bridgehead atoms. The lowest BCUT2D eigenvalue weighted by Gasteiger charge is -2.16. The molecule has 1 unspecified atom stereocenters. The highest BCUT2D eigenvalue weighted by molar-refractivity contribution is 5.73. The maximum absolute atomic E-state index is 11.4. The zero-order chi connectivity index (χ0) is 15.2. The smallest absolute Gasteiger partial charge is 0.321 e. The van der Waals surface area contributed by atoms with E-state index in [9.17, 15) is 9.90 Å². The van der Waals surface area contributed by atoms with Crippen LogP contribution in [0.5, 0.6) is 0 Å². The van der Waals surface area contributed by atoms with Gasteiger partial charge in [-0.2, -0.15) is 0 Å². The van der Waals surface area contributed by atoms with Gasteiger partial charge in [-0.15, -0.1) is 0 Å². The van der Waals surface area contributed by atoms with Gasteiger partial charge in [-0.3, -0.25) is 4.79 Å². The Morgan fingerprint density at radius 2 is 1.86 bits per heavy atom. The molecule has 3 heteroatoms. The lowest BCUT2D eigenvalue weighted by molar-refractivity contribution is -0.139. The maximum atomic E-state index is 11.4. The van der Waals surface area contributed by atoms with Crippen LogP contribution in [0.1, 0.15) is 22.3 Å². The van der Waals surface area contributed by atoms with E-state index in [0.717, 1.165) is 11.1 Å². The SMILES string of the molecule is Cc1ccc(CNC(Cc2ccccc2)C(=O)O)c(C)c1. The minimum absolute atomic E-state index is 0.487. The van der Waals surface area contributed by atoms with Gasteiger partial charge in [-0.05, 0) is 37.0 Å². The van der Waals surface area contributed by atoms with Gasteiger partial charge in [0.2, 0.25) is 0 Å². The molecule has 0 spiro atoms. The summed E-state index contributed by atoms with van der Waals surface area (Å²) in [7, 11) is 0. The highest BCUT2D eigenvalue weighted by Gasteiger charge is 2.17. The second-order valence-corrected chi connectivity index (χ2v) is 5.39. The molecule has 0 aliphatic heterocycles. The molecule has 0 aromatic heterocycles. The molecular formula is C18H21NO2. The molecule has 0 fully saturated rings. The topological polar surface area (TPSA) is 49.3 Å². The van der Waals surface area contributed by atoms with Crippen LogP contribution in [0.25, 0.3) is 0 Å². The van der Waals surface area contributed by atoms with Crippen molar-refractivity contribution < 1.29 is 9.90 Å². The third-order valence-corrected chi connectivity index (χ3v) is 3.62. The van der Waals surface area contributed by atoms with Crippen LogP contribution in [0.15, 0.2) is 48.5 Å². The Balaban J connectivity index is 2.02. The summed E-state index contributed by atoms with van der Waals surface area (Å²) < 4.78 is 0. The average Bonchev–Trinajstić information content (AvgIpc) is 2.46. The number of rotatable bonds is 6. The van der Waals surface area contributed by atoms with E-state index in [1.807, 2.05) is 30.3 Å². The van der Waals surface area contributed by atoms with Crippen LogP contribution in [0.3, 0.4) is 0 Å². The maximum Gasteiger partial charge on any atom is 0.321 e. The molecule has 0 radical (unpaired) electrons. The molecule has 0 aliphatic carbocycles. The quantitative estimate of drug-likeness (QED) is 0.856. The molecule has 2 aromatic carbocycles. The van der Waals surface area contributed by atoms with Crippen LogP contribution < -0.4 is 5.32 Å². The Bertz CT molecular complexity index is 608. The molecule has 1 atom stereocenters. The Morgan fingerprint density at radius 1 is 1.14 bits per heavy atom. The highest BCUT2D eigenvalue weighted by Crippen LogP contribution is 2.11. The molecule has 2 rings (SSSR count). The molecule has 0 aliphatic rings. The van der Waals surface area contributed by atoms with E-state index in [-0.39, 0.29) is 0 Å². The summed E-state index contributed by atoms with van der Waals surface area (Å²) in [6.45, 7) is 4.67. The van der Waals surface area contributed by atoms with E-state index in [2.05, 4.69) is 37.4 Å². The van der Waals surface area contributed by atoms with Crippen molar-refractivity contribution in [1.29, 1.82) is 0 Å². The normalized spacial score (nSPS) is 12.1. The predicted molar refractivity (Wildman–Crippen MR) is 84.3 cm³/mol. The van der Waals surface area contributed by atoms with Crippen molar-refractivity contribution in [2.24, 2.45) is 0 Å². The molecule has 21 heavy (non-hydrogen) atoms. The predicted octanol–water partition coefficient (Wildman–Crippen LogP) is 3.09. The summed E-state index contributed by atoms with van der Waals surface area (Å²) in [5.41, 5.74) is 4.57. The number of aryl methyl sites for hydroxylation is 2. The van der Waals surface area contributed by atoms with Crippen molar-refractivity contribution in [3.05, 3.63) is 70.8 Å². The first-order valence-electron chi connectivity index (χ1n) is 7.12. The fraction of sp³-hybridized carbons (Fsp3) is 0.278. The van der Waals surface area contributed by atoms with Gasteiger partial charge in [0.15, 0.2) is 0 Å². The van der Waals surface area contributed by atoms with E-state index in [1.165, 1.54) is 11.1 Å². The number of carboxylic acids is 1. The molecular weight excluding hydrogens is 262 g/mol. The van der Waals surface area contributed by atoms with Crippen LogP contribution in [-0.2, 0) is 17.8 Å². The van der Waals surface area contributed by atoms with Crippen LogP contribution in [0.2, 0.25) is 0 Å². The van der Waals surface area contributed by atoms with E-state index in [1.54, 1.807) is 0 Å². The van der Waals surface area contributed by atoms with Crippen molar-refractivity contribution >= 4 is 5.97 Å². The summed E-state index contributed by atoms with van der Waals surface area (Å²) in [5.74, 6) is -0.816. The van der Waals surface area contributed by atoms with Gasteiger partial charge < -0.3 is 10.4 Å². The number of benzene rings is 2. The second kappa shape index (κ2) is 7.04. The third kappa shape index (κ3) is 4.43. The van der Waals surface area contributed by atoms with Crippen molar-refractivity contribution in [2.75, 3.05) is 0 Å². The molecule has 0 amide bonds. The molecule has 0 heterocycles. The summed E-state index contributed by atoms with van der Waals surface area (Å²) in [4.78, 5) is 11.4. The standard InChI is InChI=1S/C18H21NO2/c1-13-8-9-16(14(2)10-13)12-19-17(18(20)21)11-15-6-4-3-5-7-15/h3-10,17,19H,11-12H2,1-2H3,(H,20,21). The van der Waals surface area contributed by atoms with Crippen LogP contribution in [0.4, 0.5) is 0 Å². The van der Waals surface area contributed by atoms with E-state index >= 15 is 0 Å². The molecule has 0 saturated carbocycles. The van der Waals surface area contributed by atoms with Crippen LogP contribution in [0, 0.1) is 13.8 Å². The minimum Gasteiger partial charge on any atom is -0.480 e. The van der Waals surface area contributed by atoms with Gasteiger partial charge in [0, 0.05) is 6.54 Å². The molecule has 2 aromatic rings. The summed E-state index contributed by atoms with van der Waals surface area (Å²) in [5, 5.41) is 12.5.